The molecule has 3 N–H and O–H groups in total. The zero-order chi connectivity index (χ0) is 10.6. The fraction of sp³-hybridized carbons (Fsp3) is 0.900. The average molecular weight is 199 g/mol. The molecule has 1 aliphatic rings. The standard InChI is InChI=1S/C10H21N3O/c1-3-9-10(14)12-4-5-13(9)7-8(2)6-11/h8-9H,3-7,11H2,1-2H3,(H,12,14). The van der Waals surface area contributed by atoms with Gasteiger partial charge in [0.15, 0.2) is 0 Å². The number of hydrogen-bond donors (Lipinski definition) is 2. The second-order valence-electron chi connectivity index (χ2n) is 4.05. The van der Waals surface area contributed by atoms with Crippen LogP contribution in [0.2, 0.25) is 0 Å². The lowest BCUT2D eigenvalue weighted by atomic mass is 10.1. The van der Waals surface area contributed by atoms with Gasteiger partial charge in [-0.25, -0.2) is 0 Å². The molecule has 1 saturated heterocycles. The molecule has 0 spiro atoms. The molecule has 1 heterocycles. The third kappa shape index (κ3) is 2.69. The fourth-order valence-corrected chi connectivity index (χ4v) is 1.90. The van der Waals surface area contributed by atoms with Gasteiger partial charge in [0.2, 0.25) is 5.91 Å². The van der Waals surface area contributed by atoms with Gasteiger partial charge in [-0.1, -0.05) is 13.8 Å². The summed E-state index contributed by atoms with van der Waals surface area (Å²) in [5, 5.41) is 2.89. The predicted molar refractivity (Wildman–Crippen MR) is 56.9 cm³/mol. The molecule has 1 amide bonds. The molecule has 2 atom stereocenters. The Labute approximate surface area is 85.8 Å². The molecular weight excluding hydrogens is 178 g/mol. The topological polar surface area (TPSA) is 58.4 Å². The van der Waals surface area contributed by atoms with Crippen molar-refractivity contribution in [1.29, 1.82) is 0 Å². The Hall–Kier alpha value is -0.610. The van der Waals surface area contributed by atoms with Crippen LogP contribution in [-0.2, 0) is 4.79 Å². The van der Waals surface area contributed by atoms with Gasteiger partial charge < -0.3 is 11.1 Å². The van der Waals surface area contributed by atoms with Gasteiger partial charge in [0.1, 0.15) is 0 Å². The minimum absolute atomic E-state index is 0.0535. The third-order valence-electron chi connectivity index (χ3n) is 2.78. The van der Waals surface area contributed by atoms with Gasteiger partial charge in [0.25, 0.3) is 0 Å². The Bertz CT molecular complexity index is 196. The second kappa shape index (κ2) is 5.32. The Morgan fingerprint density at radius 2 is 2.43 bits per heavy atom. The number of nitrogens with one attached hydrogen (secondary N) is 1. The van der Waals surface area contributed by atoms with Crippen molar-refractivity contribution in [2.75, 3.05) is 26.2 Å². The number of hydrogen-bond acceptors (Lipinski definition) is 3. The van der Waals surface area contributed by atoms with Crippen molar-refractivity contribution >= 4 is 5.91 Å². The smallest absolute Gasteiger partial charge is 0.237 e. The normalized spacial score (nSPS) is 25.9. The zero-order valence-electron chi connectivity index (χ0n) is 9.12. The van der Waals surface area contributed by atoms with Crippen LogP contribution in [0.15, 0.2) is 0 Å². The van der Waals surface area contributed by atoms with Crippen LogP contribution in [0, 0.1) is 5.92 Å². The quantitative estimate of drug-likeness (QED) is 0.659. The van der Waals surface area contributed by atoms with Crippen LogP contribution in [0.25, 0.3) is 0 Å². The number of nitrogens with zero attached hydrogens (tertiary/aromatic N) is 1. The molecule has 0 radical (unpaired) electrons. The lowest BCUT2D eigenvalue weighted by Crippen LogP contribution is -2.56. The van der Waals surface area contributed by atoms with Crippen molar-refractivity contribution in [3.63, 3.8) is 0 Å². The van der Waals surface area contributed by atoms with Crippen molar-refractivity contribution in [2.24, 2.45) is 11.7 Å². The monoisotopic (exact) mass is 199 g/mol. The van der Waals surface area contributed by atoms with Gasteiger partial charge in [-0.2, -0.15) is 0 Å². The number of piperazine rings is 1. The Morgan fingerprint density at radius 3 is 3.00 bits per heavy atom. The highest BCUT2D eigenvalue weighted by Gasteiger charge is 2.28. The lowest BCUT2D eigenvalue weighted by molar-refractivity contribution is -0.129. The minimum atomic E-state index is 0.0535. The third-order valence-corrected chi connectivity index (χ3v) is 2.78. The van der Waals surface area contributed by atoms with Crippen molar-refractivity contribution in [2.45, 2.75) is 26.3 Å². The largest absolute Gasteiger partial charge is 0.353 e. The van der Waals surface area contributed by atoms with E-state index in [-0.39, 0.29) is 11.9 Å². The molecule has 1 rings (SSSR count). The summed E-state index contributed by atoms with van der Waals surface area (Å²) in [7, 11) is 0. The van der Waals surface area contributed by atoms with Gasteiger partial charge in [-0.05, 0) is 18.9 Å². The summed E-state index contributed by atoms with van der Waals surface area (Å²) in [6.45, 7) is 7.52. The second-order valence-corrected chi connectivity index (χ2v) is 4.05. The number of carbonyl (C=O) groups excluding carboxylic acids is 1. The van der Waals surface area contributed by atoms with Crippen molar-refractivity contribution < 1.29 is 4.79 Å². The van der Waals surface area contributed by atoms with E-state index < -0.39 is 0 Å². The molecular formula is C10H21N3O. The van der Waals surface area contributed by atoms with Gasteiger partial charge in [-0.3, -0.25) is 9.69 Å². The molecule has 1 aliphatic heterocycles. The maximum absolute atomic E-state index is 11.5. The van der Waals surface area contributed by atoms with E-state index in [0.717, 1.165) is 26.1 Å². The van der Waals surface area contributed by atoms with E-state index in [1.807, 2.05) is 0 Å². The van der Waals surface area contributed by atoms with Gasteiger partial charge >= 0.3 is 0 Å². The zero-order valence-corrected chi connectivity index (χ0v) is 9.12. The summed E-state index contributed by atoms with van der Waals surface area (Å²) in [5.41, 5.74) is 5.58. The van der Waals surface area contributed by atoms with E-state index >= 15 is 0 Å². The number of amides is 1. The highest BCUT2D eigenvalue weighted by molar-refractivity contribution is 5.82. The van der Waals surface area contributed by atoms with E-state index in [1.54, 1.807) is 0 Å². The molecule has 1 fully saturated rings. The minimum Gasteiger partial charge on any atom is -0.353 e. The van der Waals surface area contributed by atoms with Crippen molar-refractivity contribution in [3.8, 4) is 0 Å². The summed E-state index contributed by atoms with van der Waals surface area (Å²) in [4.78, 5) is 13.8. The van der Waals surface area contributed by atoms with Crippen LogP contribution >= 0.6 is 0 Å². The summed E-state index contributed by atoms with van der Waals surface area (Å²) in [6.07, 6.45) is 0.878. The molecule has 0 aromatic carbocycles. The molecule has 0 aliphatic carbocycles. The first-order valence-corrected chi connectivity index (χ1v) is 5.40. The fourth-order valence-electron chi connectivity index (χ4n) is 1.90. The van der Waals surface area contributed by atoms with Gasteiger partial charge in [0.05, 0.1) is 6.04 Å². The highest BCUT2D eigenvalue weighted by atomic mass is 16.2. The first-order valence-electron chi connectivity index (χ1n) is 5.40. The number of rotatable bonds is 4. The van der Waals surface area contributed by atoms with E-state index in [9.17, 15) is 4.79 Å². The van der Waals surface area contributed by atoms with Gasteiger partial charge in [-0.15, -0.1) is 0 Å². The highest BCUT2D eigenvalue weighted by Crippen LogP contribution is 2.10. The maximum atomic E-state index is 11.5. The summed E-state index contributed by atoms with van der Waals surface area (Å²) in [5.74, 6) is 0.637. The maximum Gasteiger partial charge on any atom is 0.237 e. The van der Waals surface area contributed by atoms with Gasteiger partial charge in [0, 0.05) is 19.6 Å². The van der Waals surface area contributed by atoms with Crippen LogP contribution in [0.3, 0.4) is 0 Å². The average Bonchev–Trinajstić information content (AvgIpc) is 2.18. The molecule has 0 bridgehead atoms. The van der Waals surface area contributed by atoms with Crippen LogP contribution in [0.1, 0.15) is 20.3 Å². The molecule has 14 heavy (non-hydrogen) atoms. The first-order chi connectivity index (χ1) is 6.69. The SMILES string of the molecule is CCC1C(=O)NCCN1CC(C)CN. The summed E-state index contributed by atoms with van der Waals surface area (Å²) in [6, 6.07) is 0.0535. The first kappa shape index (κ1) is 11.5. The van der Waals surface area contributed by atoms with Crippen LogP contribution < -0.4 is 11.1 Å². The molecule has 82 valence electrons. The van der Waals surface area contributed by atoms with E-state index in [1.165, 1.54) is 0 Å². The molecule has 0 aromatic rings. The Kier molecular flexibility index (Phi) is 4.35. The van der Waals surface area contributed by atoms with E-state index in [4.69, 9.17) is 5.73 Å². The summed E-state index contributed by atoms with van der Waals surface area (Å²) >= 11 is 0. The Balaban J connectivity index is 2.51. The summed E-state index contributed by atoms with van der Waals surface area (Å²) < 4.78 is 0. The van der Waals surface area contributed by atoms with Crippen LogP contribution in [0.4, 0.5) is 0 Å². The van der Waals surface area contributed by atoms with Crippen LogP contribution in [0.5, 0.6) is 0 Å². The van der Waals surface area contributed by atoms with Crippen molar-refractivity contribution in [1.82, 2.24) is 10.2 Å². The van der Waals surface area contributed by atoms with Crippen LogP contribution in [-0.4, -0.2) is 43.0 Å². The Morgan fingerprint density at radius 1 is 1.71 bits per heavy atom. The van der Waals surface area contributed by atoms with E-state index in [2.05, 4.69) is 24.1 Å². The number of nitrogens with two attached hydrogens (primary N) is 1. The molecule has 4 heteroatoms. The lowest BCUT2D eigenvalue weighted by Gasteiger charge is -2.35. The molecule has 0 aromatic heterocycles. The molecule has 2 unspecified atom stereocenters. The molecule has 4 nitrogen and oxygen atoms in total. The number of carbonyl (C=O) groups is 1. The molecule has 0 saturated carbocycles. The predicted octanol–water partition coefficient (Wildman–Crippen LogP) is -0.208. The van der Waals surface area contributed by atoms with E-state index in [0.29, 0.717) is 12.5 Å². The van der Waals surface area contributed by atoms with Crippen molar-refractivity contribution in [3.05, 3.63) is 0 Å².